The SMILES string of the molecule is O=C(C=Cc1cccc2ccccc12)NNC(=O)COc1cccc2ccccc12. The van der Waals surface area contributed by atoms with Crippen molar-refractivity contribution in [3.63, 3.8) is 0 Å². The number of fused-ring (bicyclic) bond motifs is 2. The number of hydrogen-bond acceptors (Lipinski definition) is 3. The van der Waals surface area contributed by atoms with E-state index < -0.39 is 11.8 Å². The van der Waals surface area contributed by atoms with Gasteiger partial charge in [-0.15, -0.1) is 0 Å². The fourth-order valence-electron chi connectivity index (χ4n) is 3.24. The highest BCUT2D eigenvalue weighted by Crippen LogP contribution is 2.25. The molecule has 0 bridgehead atoms. The zero-order valence-electron chi connectivity index (χ0n) is 16.2. The number of nitrogens with one attached hydrogen (secondary N) is 2. The number of hydrogen-bond donors (Lipinski definition) is 2. The Morgan fingerprint density at radius 1 is 0.733 bits per heavy atom. The molecule has 4 aromatic rings. The molecule has 0 atom stereocenters. The number of carbonyl (C=O) groups excluding carboxylic acids is 2. The normalized spacial score (nSPS) is 10.9. The first kappa shape index (κ1) is 19.2. The molecule has 0 spiro atoms. The van der Waals surface area contributed by atoms with Crippen LogP contribution in [-0.2, 0) is 9.59 Å². The molecule has 30 heavy (non-hydrogen) atoms. The summed E-state index contributed by atoms with van der Waals surface area (Å²) in [4.78, 5) is 24.1. The molecule has 5 nitrogen and oxygen atoms in total. The van der Waals surface area contributed by atoms with Gasteiger partial charge >= 0.3 is 0 Å². The van der Waals surface area contributed by atoms with Crippen LogP contribution in [-0.4, -0.2) is 18.4 Å². The fraction of sp³-hybridized carbons (Fsp3) is 0.0400. The van der Waals surface area contributed by atoms with E-state index in [9.17, 15) is 9.59 Å². The summed E-state index contributed by atoms with van der Waals surface area (Å²) < 4.78 is 5.61. The van der Waals surface area contributed by atoms with Gasteiger partial charge in [0.15, 0.2) is 6.61 Å². The molecule has 5 heteroatoms. The maximum absolute atomic E-state index is 12.1. The maximum atomic E-state index is 12.1. The second-order valence-corrected chi connectivity index (χ2v) is 6.71. The van der Waals surface area contributed by atoms with Crippen molar-refractivity contribution in [3.05, 3.63) is 96.6 Å². The molecule has 148 valence electrons. The van der Waals surface area contributed by atoms with Gasteiger partial charge in [0.2, 0.25) is 0 Å². The first-order chi connectivity index (χ1) is 14.7. The van der Waals surface area contributed by atoms with Crippen molar-refractivity contribution >= 4 is 39.4 Å². The maximum Gasteiger partial charge on any atom is 0.276 e. The highest BCUT2D eigenvalue weighted by molar-refractivity contribution is 5.97. The summed E-state index contributed by atoms with van der Waals surface area (Å²) in [7, 11) is 0. The molecule has 0 saturated heterocycles. The van der Waals surface area contributed by atoms with E-state index in [4.69, 9.17) is 4.74 Å². The molecule has 4 aromatic carbocycles. The Balaban J connectivity index is 1.31. The van der Waals surface area contributed by atoms with Crippen molar-refractivity contribution in [3.8, 4) is 5.75 Å². The highest BCUT2D eigenvalue weighted by Gasteiger charge is 2.06. The summed E-state index contributed by atoms with van der Waals surface area (Å²) in [6.45, 7) is -0.207. The van der Waals surface area contributed by atoms with Gasteiger partial charge in [-0.05, 0) is 33.9 Å². The molecule has 0 radical (unpaired) electrons. The number of carbonyl (C=O) groups is 2. The Hall–Kier alpha value is -4.12. The molecule has 0 aliphatic carbocycles. The van der Waals surface area contributed by atoms with Crippen molar-refractivity contribution in [2.75, 3.05) is 6.61 Å². The molecule has 0 heterocycles. The minimum atomic E-state index is -0.449. The third kappa shape index (κ3) is 4.47. The van der Waals surface area contributed by atoms with Crippen LogP contribution in [0.1, 0.15) is 5.56 Å². The molecule has 2 N–H and O–H groups in total. The van der Waals surface area contributed by atoms with Gasteiger partial charge < -0.3 is 4.74 Å². The fourth-order valence-corrected chi connectivity index (χ4v) is 3.24. The molecule has 0 aliphatic rings. The van der Waals surface area contributed by atoms with E-state index in [1.54, 1.807) is 12.1 Å². The quantitative estimate of drug-likeness (QED) is 0.392. The summed E-state index contributed by atoms with van der Waals surface area (Å²) >= 11 is 0. The first-order valence-electron chi connectivity index (χ1n) is 9.56. The summed E-state index contributed by atoms with van der Waals surface area (Å²) in [5.41, 5.74) is 5.65. The van der Waals surface area contributed by atoms with Crippen LogP contribution in [0.15, 0.2) is 91.0 Å². The third-order valence-corrected chi connectivity index (χ3v) is 4.67. The topological polar surface area (TPSA) is 67.4 Å². The lowest BCUT2D eigenvalue weighted by molar-refractivity contribution is -0.128. The third-order valence-electron chi connectivity index (χ3n) is 4.67. The molecule has 0 unspecified atom stereocenters. The summed E-state index contributed by atoms with van der Waals surface area (Å²) in [5, 5.41) is 4.10. The molecule has 0 aromatic heterocycles. The van der Waals surface area contributed by atoms with Crippen LogP contribution in [0.2, 0.25) is 0 Å². The van der Waals surface area contributed by atoms with E-state index in [1.807, 2.05) is 78.9 Å². The van der Waals surface area contributed by atoms with E-state index in [0.29, 0.717) is 5.75 Å². The average molecular weight is 396 g/mol. The largest absolute Gasteiger partial charge is 0.483 e. The van der Waals surface area contributed by atoms with Gasteiger partial charge in [-0.3, -0.25) is 20.4 Å². The van der Waals surface area contributed by atoms with Gasteiger partial charge in [0.25, 0.3) is 11.8 Å². The molecule has 0 aliphatic heterocycles. The lowest BCUT2D eigenvalue weighted by atomic mass is 10.0. The monoisotopic (exact) mass is 396 g/mol. The zero-order chi connectivity index (χ0) is 20.8. The van der Waals surface area contributed by atoms with Crippen LogP contribution >= 0.6 is 0 Å². The van der Waals surface area contributed by atoms with Crippen LogP contribution < -0.4 is 15.6 Å². The van der Waals surface area contributed by atoms with Gasteiger partial charge in [-0.1, -0.05) is 78.9 Å². The van der Waals surface area contributed by atoms with E-state index in [-0.39, 0.29) is 6.61 Å². The Kier molecular flexibility index (Phi) is 5.71. The zero-order valence-corrected chi connectivity index (χ0v) is 16.2. The lowest BCUT2D eigenvalue weighted by Crippen LogP contribution is -2.43. The summed E-state index contributed by atoms with van der Waals surface area (Å²) in [5.74, 6) is -0.262. The Morgan fingerprint density at radius 2 is 1.37 bits per heavy atom. The van der Waals surface area contributed by atoms with E-state index in [2.05, 4.69) is 10.9 Å². The van der Waals surface area contributed by atoms with Crippen LogP contribution in [0.3, 0.4) is 0 Å². The van der Waals surface area contributed by atoms with Gasteiger partial charge in [-0.2, -0.15) is 0 Å². The number of benzene rings is 4. The molecular formula is C25H20N2O3. The summed E-state index contributed by atoms with van der Waals surface area (Å²) in [6, 6.07) is 27.3. The number of rotatable bonds is 5. The van der Waals surface area contributed by atoms with Crippen molar-refractivity contribution in [1.29, 1.82) is 0 Å². The number of amides is 2. The molecule has 4 rings (SSSR count). The number of ether oxygens (including phenoxy) is 1. The van der Waals surface area contributed by atoms with E-state index >= 15 is 0 Å². The van der Waals surface area contributed by atoms with Crippen molar-refractivity contribution in [2.45, 2.75) is 0 Å². The predicted molar refractivity (Wildman–Crippen MR) is 119 cm³/mol. The van der Waals surface area contributed by atoms with Crippen molar-refractivity contribution < 1.29 is 14.3 Å². The smallest absolute Gasteiger partial charge is 0.276 e. The minimum absolute atomic E-state index is 0.207. The standard InChI is InChI=1S/C25H20N2O3/c28-24(16-15-20-10-5-9-18-7-1-3-12-21(18)20)26-27-25(29)17-30-23-14-6-11-19-8-2-4-13-22(19)23/h1-16H,17H2,(H,26,28)(H,27,29). The molecule has 0 fully saturated rings. The van der Waals surface area contributed by atoms with Gasteiger partial charge in [0.1, 0.15) is 5.75 Å². The molecule has 0 saturated carbocycles. The van der Waals surface area contributed by atoms with Gasteiger partial charge in [0.05, 0.1) is 0 Å². The van der Waals surface area contributed by atoms with Crippen LogP contribution in [0.4, 0.5) is 0 Å². The highest BCUT2D eigenvalue weighted by atomic mass is 16.5. The van der Waals surface area contributed by atoms with Crippen LogP contribution in [0, 0.1) is 0 Å². The Bertz CT molecular complexity index is 1240. The first-order valence-corrected chi connectivity index (χ1v) is 9.56. The van der Waals surface area contributed by atoms with E-state index in [0.717, 1.165) is 27.1 Å². The average Bonchev–Trinajstić information content (AvgIpc) is 2.80. The van der Waals surface area contributed by atoms with Crippen LogP contribution in [0.25, 0.3) is 27.6 Å². The number of hydrazine groups is 1. The van der Waals surface area contributed by atoms with Gasteiger partial charge in [-0.25, -0.2) is 0 Å². The van der Waals surface area contributed by atoms with Crippen molar-refractivity contribution in [1.82, 2.24) is 10.9 Å². The Morgan fingerprint density at radius 3 is 2.17 bits per heavy atom. The second kappa shape index (κ2) is 8.92. The molecular weight excluding hydrogens is 376 g/mol. The lowest BCUT2D eigenvalue weighted by Gasteiger charge is -2.10. The summed E-state index contributed by atoms with van der Waals surface area (Å²) in [6.07, 6.45) is 3.10. The second-order valence-electron chi connectivity index (χ2n) is 6.71. The predicted octanol–water partition coefficient (Wildman–Crippen LogP) is 4.23. The van der Waals surface area contributed by atoms with Gasteiger partial charge in [0, 0.05) is 11.5 Å². The van der Waals surface area contributed by atoms with Crippen LogP contribution in [0.5, 0.6) is 5.75 Å². The molecule has 2 amide bonds. The minimum Gasteiger partial charge on any atom is -0.483 e. The van der Waals surface area contributed by atoms with E-state index in [1.165, 1.54) is 6.08 Å². The Labute approximate surface area is 173 Å². The van der Waals surface area contributed by atoms with Crippen molar-refractivity contribution in [2.24, 2.45) is 0 Å².